The Morgan fingerprint density at radius 3 is 2.79 bits per heavy atom. The van der Waals surface area contributed by atoms with Crippen molar-refractivity contribution >= 4 is 5.57 Å². The summed E-state index contributed by atoms with van der Waals surface area (Å²) in [5, 5.41) is 0. The molecule has 2 rings (SSSR count). The summed E-state index contributed by atoms with van der Waals surface area (Å²) in [4.78, 5) is 0. The Balaban J connectivity index is 2.29. The van der Waals surface area contributed by atoms with Crippen molar-refractivity contribution in [3.8, 4) is 0 Å². The maximum absolute atomic E-state index is 2.33. The van der Waals surface area contributed by atoms with Gasteiger partial charge < -0.3 is 0 Å². The maximum Gasteiger partial charge on any atom is -0.0185 e. The molecule has 0 spiro atoms. The number of hydrogen-bond donors (Lipinski definition) is 0. The van der Waals surface area contributed by atoms with E-state index >= 15 is 0 Å². The van der Waals surface area contributed by atoms with Gasteiger partial charge in [0.2, 0.25) is 0 Å². The van der Waals surface area contributed by atoms with Crippen LogP contribution in [0.1, 0.15) is 24.5 Å². The lowest BCUT2D eigenvalue weighted by Gasteiger charge is -2.12. The van der Waals surface area contributed by atoms with Gasteiger partial charge in [-0.05, 0) is 30.4 Å². The second-order valence-electron chi connectivity index (χ2n) is 4.10. The van der Waals surface area contributed by atoms with Crippen molar-refractivity contribution < 1.29 is 0 Å². The zero-order valence-corrected chi connectivity index (χ0v) is 8.83. The standard InChI is InChI=1S/C14H16/c1-11-6-8-13(9-7-11)14-5-3-4-12(2)10-14/h3-6,8-11H,7H2,1-2H3. The first-order valence-corrected chi connectivity index (χ1v) is 5.21. The van der Waals surface area contributed by atoms with Crippen LogP contribution < -0.4 is 0 Å². The normalized spacial score (nSPS) is 20.7. The molecule has 14 heavy (non-hydrogen) atoms. The van der Waals surface area contributed by atoms with Gasteiger partial charge >= 0.3 is 0 Å². The Kier molecular flexibility index (Phi) is 2.53. The van der Waals surface area contributed by atoms with Gasteiger partial charge in [0.25, 0.3) is 0 Å². The molecule has 1 unspecified atom stereocenters. The molecular weight excluding hydrogens is 168 g/mol. The first kappa shape index (κ1) is 9.26. The zero-order chi connectivity index (χ0) is 9.97. The lowest BCUT2D eigenvalue weighted by atomic mass is 9.94. The Morgan fingerprint density at radius 2 is 2.14 bits per heavy atom. The number of benzene rings is 1. The number of aryl methyl sites for hydroxylation is 1. The summed E-state index contributed by atoms with van der Waals surface area (Å²) in [6.07, 6.45) is 8.03. The van der Waals surface area contributed by atoms with Crippen molar-refractivity contribution in [3.05, 3.63) is 53.6 Å². The van der Waals surface area contributed by atoms with E-state index in [-0.39, 0.29) is 0 Å². The largest absolute Gasteiger partial charge is 0.0808 e. The van der Waals surface area contributed by atoms with E-state index in [0.29, 0.717) is 5.92 Å². The van der Waals surface area contributed by atoms with Crippen LogP contribution in [0.25, 0.3) is 5.57 Å². The second kappa shape index (κ2) is 3.83. The monoisotopic (exact) mass is 184 g/mol. The van der Waals surface area contributed by atoms with E-state index < -0.39 is 0 Å². The molecular formula is C14H16. The van der Waals surface area contributed by atoms with Crippen LogP contribution in [-0.2, 0) is 0 Å². The van der Waals surface area contributed by atoms with Crippen LogP contribution in [0, 0.1) is 12.8 Å². The topological polar surface area (TPSA) is 0 Å². The van der Waals surface area contributed by atoms with Crippen LogP contribution in [0.15, 0.2) is 42.5 Å². The van der Waals surface area contributed by atoms with Gasteiger partial charge in [-0.3, -0.25) is 0 Å². The highest BCUT2D eigenvalue weighted by molar-refractivity contribution is 5.75. The first-order chi connectivity index (χ1) is 6.75. The van der Waals surface area contributed by atoms with Crippen molar-refractivity contribution in [3.63, 3.8) is 0 Å². The molecule has 1 aromatic rings. The van der Waals surface area contributed by atoms with E-state index in [1.807, 2.05) is 0 Å². The Bertz CT molecular complexity index is 383. The fourth-order valence-corrected chi connectivity index (χ4v) is 1.77. The molecule has 0 nitrogen and oxygen atoms in total. The molecule has 0 N–H and O–H groups in total. The summed E-state index contributed by atoms with van der Waals surface area (Å²) in [6, 6.07) is 8.68. The highest BCUT2D eigenvalue weighted by Gasteiger charge is 2.04. The van der Waals surface area contributed by atoms with E-state index in [0.717, 1.165) is 0 Å². The maximum atomic E-state index is 2.33. The van der Waals surface area contributed by atoms with Gasteiger partial charge in [-0.2, -0.15) is 0 Å². The lowest BCUT2D eigenvalue weighted by molar-refractivity contribution is 0.739. The highest BCUT2D eigenvalue weighted by Crippen LogP contribution is 2.24. The minimum atomic E-state index is 0.698. The third-order valence-electron chi connectivity index (χ3n) is 2.67. The Labute approximate surface area is 86.0 Å². The molecule has 1 aliphatic carbocycles. The van der Waals surface area contributed by atoms with Crippen molar-refractivity contribution in [2.75, 3.05) is 0 Å². The van der Waals surface area contributed by atoms with E-state index in [9.17, 15) is 0 Å². The fraction of sp³-hybridized carbons (Fsp3) is 0.286. The molecule has 0 saturated heterocycles. The Morgan fingerprint density at radius 1 is 1.29 bits per heavy atom. The van der Waals surface area contributed by atoms with Crippen LogP contribution in [-0.4, -0.2) is 0 Å². The van der Waals surface area contributed by atoms with Crippen molar-refractivity contribution in [1.29, 1.82) is 0 Å². The molecule has 0 bridgehead atoms. The second-order valence-corrected chi connectivity index (χ2v) is 4.10. The van der Waals surface area contributed by atoms with Crippen molar-refractivity contribution in [2.24, 2.45) is 5.92 Å². The van der Waals surface area contributed by atoms with Crippen molar-refractivity contribution in [2.45, 2.75) is 20.3 Å². The molecule has 0 aliphatic heterocycles. The van der Waals surface area contributed by atoms with E-state index in [4.69, 9.17) is 0 Å². The minimum Gasteiger partial charge on any atom is -0.0808 e. The summed E-state index contributed by atoms with van der Waals surface area (Å²) in [7, 11) is 0. The average molecular weight is 184 g/mol. The molecule has 1 aromatic carbocycles. The van der Waals surface area contributed by atoms with Gasteiger partial charge in [-0.15, -0.1) is 0 Å². The summed E-state index contributed by atoms with van der Waals surface area (Å²) in [5.41, 5.74) is 4.04. The molecule has 0 heterocycles. The summed E-state index contributed by atoms with van der Waals surface area (Å²) in [6.45, 7) is 4.39. The average Bonchev–Trinajstić information content (AvgIpc) is 2.19. The smallest absolute Gasteiger partial charge is 0.0185 e. The Hall–Kier alpha value is -1.30. The van der Waals surface area contributed by atoms with Gasteiger partial charge in [0.15, 0.2) is 0 Å². The van der Waals surface area contributed by atoms with Crippen LogP contribution in [0.3, 0.4) is 0 Å². The molecule has 0 fully saturated rings. The summed E-state index contributed by atoms with van der Waals surface area (Å²) >= 11 is 0. The summed E-state index contributed by atoms with van der Waals surface area (Å²) in [5.74, 6) is 0.698. The fourth-order valence-electron chi connectivity index (χ4n) is 1.77. The molecule has 0 heteroatoms. The lowest BCUT2D eigenvalue weighted by Crippen LogP contribution is -1.94. The van der Waals surface area contributed by atoms with Gasteiger partial charge in [0.05, 0.1) is 0 Å². The third kappa shape index (κ3) is 1.95. The SMILES string of the molecule is Cc1cccc(C2=CCC(C)C=C2)c1. The number of rotatable bonds is 1. The molecule has 1 atom stereocenters. The molecule has 0 saturated carbocycles. The number of allylic oxidation sites excluding steroid dienone is 4. The molecule has 0 radical (unpaired) electrons. The number of hydrogen-bond acceptors (Lipinski definition) is 0. The third-order valence-corrected chi connectivity index (χ3v) is 2.67. The van der Waals surface area contributed by atoms with Crippen LogP contribution in [0.5, 0.6) is 0 Å². The predicted octanol–water partition coefficient (Wildman–Crippen LogP) is 3.97. The molecule has 0 amide bonds. The van der Waals surface area contributed by atoms with Crippen LogP contribution >= 0.6 is 0 Å². The predicted molar refractivity (Wildman–Crippen MR) is 62.1 cm³/mol. The first-order valence-electron chi connectivity index (χ1n) is 5.21. The van der Waals surface area contributed by atoms with Gasteiger partial charge in [0.1, 0.15) is 0 Å². The van der Waals surface area contributed by atoms with E-state index in [2.05, 4.69) is 56.3 Å². The summed E-state index contributed by atoms with van der Waals surface area (Å²) < 4.78 is 0. The van der Waals surface area contributed by atoms with E-state index in [1.165, 1.54) is 23.1 Å². The quantitative estimate of drug-likeness (QED) is 0.619. The van der Waals surface area contributed by atoms with E-state index in [1.54, 1.807) is 0 Å². The molecule has 0 aromatic heterocycles. The van der Waals surface area contributed by atoms with Crippen LogP contribution in [0.2, 0.25) is 0 Å². The highest BCUT2D eigenvalue weighted by atomic mass is 14.1. The molecule has 1 aliphatic rings. The van der Waals surface area contributed by atoms with Crippen molar-refractivity contribution in [1.82, 2.24) is 0 Å². The minimum absolute atomic E-state index is 0.698. The zero-order valence-electron chi connectivity index (χ0n) is 8.83. The van der Waals surface area contributed by atoms with Gasteiger partial charge in [0, 0.05) is 0 Å². The van der Waals surface area contributed by atoms with Gasteiger partial charge in [-0.25, -0.2) is 0 Å². The molecule has 72 valence electrons. The van der Waals surface area contributed by atoms with Crippen LogP contribution in [0.4, 0.5) is 0 Å². The van der Waals surface area contributed by atoms with Gasteiger partial charge in [-0.1, -0.05) is 55.0 Å².